The van der Waals surface area contributed by atoms with Crippen molar-refractivity contribution < 1.29 is 17.9 Å². The standard InChI is InChI=1S/C14H9BrClF3O/c1-20-11-5-2-7(6-9(11)15)12(16)8-3-4-10(17)14(19)13(8)18/h2-6,12H,1H3. The third-order valence-electron chi connectivity index (χ3n) is 2.81. The zero-order chi connectivity index (χ0) is 14.9. The minimum atomic E-state index is -1.53. The van der Waals surface area contributed by atoms with Crippen molar-refractivity contribution in [2.24, 2.45) is 0 Å². The molecule has 1 atom stereocenters. The monoisotopic (exact) mass is 364 g/mol. The van der Waals surface area contributed by atoms with Gasteiger partial charge in [0.25, 0.3) is 0 Å². The van der Waals surface area contributed by atoms with Crippen molar-refractivity contribution in [2.45, 2.75) is 5.38 Å². The summed E-state index contributed by atoms with van der Waals surface area (Å²) in [6, 6.07) is 6.89. The highest BCUT2D eigenvalue weighted by Gasteiger charge is 2.21. The summed E-state index contributed by atoms with van der Waals surface area (Å²) < 4.78 is 45.5. The van der Waals surface area contributed by atoms with E-state index in [0.29, 0.717) is 15.8 Å². The maximum atomic E-state index is 13.7. The molecule has 0 fully saturated rings. The maximum Gasteiger partial charge on any atom is 0.194 e. The van der Waals surface area contributed by atoms with Gasteiger partial charge in [-0.1, -0.05) is 12.1 Å². The van der Waals surface area contributed by atoms with Crippen LogP contribution in [0.25, 0.3) is 0 Å². The predicted molar refractivity (Wildman–Crippen MR) is 74.7 cm³/mol. The SMILES string of the molecule is COc1ccc(C(Cl)c2ccc(F)c(F)c2F)cc1Br. The fourth-order valence-corrected chi connectivity index (χ4v) is 2.62. The van der Waals surface area contributed by atoms with Gasteiger partial charge in [0.1, 0.15) is 5.75 Å². The van der Waals surface area contributed by atoms with Gasteiger partial charge in [0.2, 0.25) is 0 Å². The Balaban J connectivity index is 2.44. The largest absolute Gasteiger partial charge is 0.496 e. The van der Waals surface area contributed by atoms with E-state index in [2.05, 4.69) is 15.9 Å². The number of methoxy groups -OCH3 is 1. The molecule has 0 aromatic heterocycles. The molecule has 2 aromatic carbocycles. The van der Waals surface area contributed by atoms with Crippen molar-refractivity contribution in [2.75, 3.05) is 7.11 Å². The van der Waals surface area contributed by atoms with E-state index in [1.165, 1.54) is 7.11 Å². The second-order valence-corrected chi connectivity index (χ2v) is 5.31. The Bertz CT molecular complexity index is 649. The van der Waals surface area contributed by atoms with E-state index in [-0.39, 0.29) is 5.56 Å². The number of rotatable bonds is 3. The van der Waals surface area contributed by atoms with E-state index in [1.807, 2.05) is 0 Å². The Morgan fingerprint density at radius 3 is 2.40 bits per heavy atom. The van der Waals surface area contributed by atoms with Crippen LogP contribution in [0.5, 0.6) is 5.75 Å². The maximum absolute atomic E-state index is 13.7. The van der Waals surface area contributed by atoms with Gasteiger partial charge in [0.05, 0.1) is 17.0 Å². The number of halogens is 5. The quantitative estimate of drug-likeness (QED) is 0.536. The molecule has 1 unspecified atom stereocenters. The molecule has 0 bridgehead atoms. The van der Waals surface area contributed by atoms with Crippen molar-refractivity contribution in [1.82, 2.24) is 0 Å². The van der Waals surface area contributed by atoms with Crippen LogP contribution in [0.4, 0.5) is 13.2 Å². The Morgan fingerprint density at radius 2 is 1.80 bits per heavy atom. The van der Waals surface area contributed by atoms with Crippen LogP contribution in [0.1, 0.15) is 16.5 Å². The van der Waals surface area contributed by atoms with Crippen molar-refractivity contribution in [3.8, 4) is 5.75 Å². The molecular formula is C14H9BrClF3O. The number of benzene rings is 2. The Morgan fingerprint density at radius 1 is 1.10 bits per heavy atom. The fraction of sp³-hybridized carbons (Fsp3) is 0.143. The molecule has 106 valence electrons. The lowest BCUT2D eigenvalue weighted by Crippen LogP contribution is -2.02. The number of ether oxygens (including phenoxy) is 1. The van der Waals surface area contributed by atoms with Crippen LogP contribution in [0.15, 0.2) is 34.8 Å². The first-order valence-corrected chi connectivity index (χ1v) is 6.79. The van der Waals surface area contributed by atoms with Crippen LogP contribution in [-0.2, 0) is 0 Å². The van der Waals surface area contributed by atoms with Gasteiger partial charge in [0, 0.05) is 5.56 Å². The van der Waals surface area contributed by atoms with Gasteiger partial charge in [-0.15, -0.1) is 11.6 Å². The van der Waals surface area contributed by atoms with Crippen molar-refractivity contribution >= 4 is 27.5 Å². The van der Waals surface area contributed by atoms with E-state index in [0.717, 1.165) is 12.1 Å². The molecule has 2 rings (SSSR count). The highest BCUT2D eigenvalue weighted by Crippen LogP contribution is 2.35. The summed E-state index contributed by atoms with van der Waals surface area (Å²) in [7, 11) is 1.51. The lowest BCUT2D eigenvalue weighted by atomic mass is 10.0. The van der Waals surface area contributed by atoms with Crippen LogP contribution >= 0.6 is 27.5 Å². The van der Waals surface area contributed by atoms with Crippen LogP contribution in [0.3, 0.4) is 0 Å². The third-order valence-corrected chi connectivity index (χ3v) is 3.91. The first-order chi connectivity index (χ1) is 9.45. The molecule has 0 aliphatic heterocycles. The van der Waals surface area contributed by atoms with Gasteiger partial charge in [-0.25, -0.2) is 13.2 Å². The predicted octanol–water partition coefficient (Wildman–Crippen LogP) is 5.20. The van der Waals surface area contributed by atoms with E-state index in [1.54, 1.807) is 18.2 Å². The highest BCUT2D eigenvalue weighted by molar-refractivity contribution is 9.10. The van der Waals surface area contributed by atoms with Crippen molar-refractivity contribution in [3.63, 3.8) is 0 Å². The molecule has 20 heavy (non-hydrogen) atoms. The zero-order valence-corrected chi connectivity index (χ0v) is 12.6. The molecule has 0 radical (unpaired) electrons. The van der Waals surface area contributed by atoms with Gasteiger partial charge >= 0.3 is 0 Å². The molecule has 0 saturated heterocycles. The molecule has 0 aliphatic carbocycles. The lowest BCUT2D eigenvalue weighted by Gasteiger charge is -2.13. The second kappa shape index (κ2) is 6.06. The normalized spacial score (nSPS) is 12.3. The van der Waals surface area contributed by atoms with Crippen LogP contribution < -0.4 is 4.74 Å². The molecule has 0 saturated carbocycles. The molecule has 6 heteroatoms. The Labute approximate surface area is 127 Å². The minimum absolute atomic E-state index is 0.123. The fourth-order valence-electron chi connectivity index (χ4n) is 1.76. The van der Waals surface area contributed by atoms with Crippen molar-refractivity contribution in [1.29, 1.82) is 0 Å². The summed E-state index contributed by atoms with van der Waals surface area (Å²) in [5.74, 6) is -3.47. The average molecular weight is 366 g/mol. The molecule has 0 aliphatic rings. The smallest absolute Gasteiger partial charge is 0.194 e. The molecule has 0 N–H and O–H groups in total. The van der Waals surface area contributed by atoms with Crippen LogP contribution in [-0.4, -0.2) is 7.11 Å². The third kappa shape index (κ3) is 2.79. The van der Waals surface area contributed by atoms with E-state index < -0.39 is 22.8 Å². The molecule has 0 amide bonds. The van der Waals surface area contributed by atoms with Gasteiger partial charge in [-0.3, -0.25) is 0 Å². The molecular weight excluding hydrogens is 357 g/mol. The molecule has 0 heterocycles. The number of hydrogen-bond acceptors (Lipinski definition) is 1. The Hall–Kier alpha value is -1.20. The highest BCUT2D eigenvalue weighted by atomic mass is 79.9. The number of alkyl halides is 1. The van der Waals surface area contributed by atoms with E-state index >= 15 is 0 Å². The minimum Gasteiger partial charge on any atom is -0.496 e. The summed E-state index contributed by atoms with van der Waals surface area (Å²) in [4.78, 5) is 0. The summed E-state index contributed by atoms with van der Waals surface area (Å²) in [5.41, 5.74) is 0.409. The average Bonchev–Trinajstić information content (AvgIpc) is 2.44. The first kappa shape index (κ1) is 15.2. The lowest BCUT2D eigenvalue weighted by molar-refractivity contribution is 0.412. The number of hydrogen-bond donors (Lipinski definition) is 0. The Kier molecular flexibility index (Phi) is 4.60. The van der Waals surface area contributed by atoms with Crippen molar-refractivity contribution in [3.05, 3.63) is 63.4 Å². The summed E-state index contributed by atoms with van der Waals surface area (Å²) in [6.45, 7) is 0. The van der Waals surface area contributed by atoms with Gasteiger partial charge in [-0.2, -0.15) is 0 Å². The van der Waals surface area contributed by atoms with Gasteiger partial charge in [0.15, 0.2) is 17.5 Å². The topological polar surface area (TPSA) is 9.23 Å². The van der Waals surface area contributed by atoms with E-state index in [4.69, 9.17) is 16.3 Å². The zero-order valence-electron chi connectivity index (χ0n) is 10.3. The first-order valence-electron chi connectivity index (χ1n) is 5.56. The van der Waals surface area contributed by atoms with Crippen LogP contribution in [0, 0.1) is 17.5 Å². The molecule has 0 spiro atoms. The van der Waals surface area contributed by atoms with Gasteiger partial charge in [-0.05, 0) is 39.7 Å². The summed E-state index contributed by atoms with van der Waals surface area (Å²) in [6.07, 6.45) is 0. The molecule has 2 aromatic rings. The van der Waals surface area contributed by atoms with Gasteiger partial charge < -0.3 is 4.74 Å². The van der Waals surface area contributed by atoms with Crippen LogP contribution in [0.2, 0.25) is 0 Å². The second-order valence-electron chi connectivity index (χ2n) is 4.02. The summed E-state index contributed by atoms with van der Waals surface area (Å²) >= 11 is 9.42. The summed E-state index contributed by atoms with van der Waals surface area (Å²) in [5, 5.41) is -0.938. The molecule has 1 nitrogen and oxygen atoms in total. The van der Waals surface area contributed by atoms with E-state index in [9.17, 15) is 13.2 Å².